The second kappa shape index (κ2) is 7.11. The van der Waals surface area contributed by atoms with Gasteiger partial charge in [0.2, 0.25) is 0 Å². The predicted molar refractivity (Wildman–Crippen MR) is 70.5 cm³/mol. The number of carbonyl (C=O) groups excluding carboxylic acids is 1. The van der Waals surface area contributed by atoms with Crippen LogP contribution in [0.5, 0.6) is 0 Å². The maximum atomic E-state index is 12.5. The first kappa shape index (κ1) is 19.8. The third-order valence-corrected chi connectivity index (χ3v) is 3.41. The van der Waals surface area contributed by atoms with Crippen molar-refractivity contribution in [1.29, 1.82) is 5.26 Å². The van der Waals surface area contributed by atoms with Crippen molar-refractivity contribution in [2.24, 2.45) is 5.41 Å². The van der Waals surface area contributed by atoms with Gasteiger partial charge in [-0.3, -0.25) is 4.79 Å². The van der Waals surface area contributed by atoms with Crippen LogP contribution >= 0.6 is 0 Å². The molecular formula is C15H13F6NO2. The summed E-state index contributed by atoms with van der Waals surface area (Å²) in [4.78, 5) is 11.8. The van der Waals surface area contributed by atoms with Crippen LogP contribution in [-0.4, -0.2) is 19.3 Å². The Labute approximate surface area is 133 Å². The minimum absolute atomic E-state index is 0.122. The molecule has 24 heavy (non-hydrogen) atoms. The van der Waals surface area contributed by atoms with Gasteiger partial charge in [0.25, 0.3) is 0 Å². The Hall–Kier alpha value is -2.24. The van der Waals surface area contributed by atoms with E-state index < -0.39 is 48.6 Å². The number of nitriles is 1. The van der Waals surface area contributed by atoms with Crippen molar-refractivity contribution < 1.29 is 35.9 Å². The fraction of sp³-hybridized carbons (Fsp3) is 0.467. The van der Waals surface area contributed by atoms with E-state index in [1.165, 1.54) is 6.07 Å². The van der Waals surface area contributed by atoms with Crippen molar-refractivity contribution in [3.63, 3.8) is 0 Å². The van der Waals surface area contributed by atoms with Crippen molar-refractivity contribution in [3.05, 3.63) is 35.4 Å². The van der Waals surface area contributed by atoms with Crippen molar-refractivity contribution >= 4 is 5.97 Å². The summed E-state index contributed by atoms with van der Waals surface area (Å²) in [7, 11) is 0.925. The summed E-state index contributed by atoms with van der Waals surface area (Å²) in [5, 5.41) is 9.22. The summed E-state index contributed by atoms with van der Waals surface area (Å²) in [6.45, 7) is 0. The summed E-state index contributed by atoms with van der Waals surface area (Å²) in [5.41, 5.74) is -2.94. The molecular weight excluding hydrogens is 340 g/mol. The molecule has 0 fully saturated rings. The van der Waals surface area contributed by atoms with Gasteiger partial charge in [0, 0.05) is 12.8 Å². The molecule has 0 N–H and O–H groups in total. The number of ether oxygens (including phenoxy) is 1. The van der Waals surface area contributed by atoms with E-state index in [1.807, 2.05) is 0 Å². The van der Waals surface area contributed by atoms with Gasteiger partial charge in [0.15, 0.2) is 5.41 Å². The van der Waals surface area contributed by atoms with Gasteiger partial charge in [-0.05, 0) is 24.1 Å². The lowest BCUT2D eigenvalue weighted by atomic mass is 9.78. The van der Waals surface area contributed by atoms with Gasteiger partial charge in [0.05, 0.1) is 18.7 Å². The molecule has 0 saturated carbocycles. The van der Waals surface area contributed by atoms with E-state index in [0.717, 1.165) is 31.4 Å². The smallest absolute Gasteiger partial charge is 0.416 e. The Bertz CT molecular complexity index is 615. The average molecular weight is 353 g/mol. The molecule has 1 aromatic rings. The van der Waals surface area contributed by atoms with E-state index in [4.69, 9.17) is 0 Å². The fourth-order valence-corrected chi connectivity index (χ4v) is 2.11. The molecule has 3 nitrogen and oxygen atoms in total. The average Bonchev–Trinajstić information content (AvgIpc) is 2.49. The Morgan fingerprint density at radius 3 is 2.00 bits per heavy atom. The lowest BCUT2D eigenvalue weighted by Gasteiger charge is -2.24. The van der Waals surface area contributed by atoms with Crippen molar-refractivity contribution in [1.82, 2.24) is 0 Å². The molecule has 0 bridgehead atoms. The van der Waals surface area contributed by atoms with Crippen LogP contribution in [0.1, 0.15) is 24.0 Å². The maximum absolute atomic E-state index is 12.5. The Kier molecular flexibility index (Phi) is 5.87. The molecule has 1 rings (SSSR count). The van der Waals surface area contributed by atoms with Crippen LogP contribution in [0.2, 0.25) is 0 Å². The lowest BCUT2D eigenvalue weighted by molar-refractivity contribution is -0.156. The highest BCUT2D eigenvalue weighted by atomic mass is 19.4. The first-order valence-electron chi connectivity index (χ1n) is 6.66. The van der Waals surface area contributed by atoms with E-state index >= 15 is 0 Å². The van der Waals surface area contributed by atoms with Gasteiger partial charge in [-0.2, -0.15) is 31.6 Å². The van der Waals surface area contributed by atoms with E-state index in [2.05, 4.69) is 4.74 Å². The number of halogens is 6. The Balaban J connectivity index is 3.09. The highest BCUT2D eigenvalue weighted by Crippen LogP contribution is 2.35. The highest BCUT2D eigenvalue weighted by Gasteiger charge is 2.43. The van der Waals surface area contributed by atoms with E-state index in [0.29, 0.717) is 0 Å². The maximum Gasteiger partial charge on any atom is 0.416 e. The third kappa shape index (κ3) is 5.15. The van der Waals surface area contributed by atoms with Crippen LogP contribution in [0, 0.1) is 16.7 Å². The standard InChI is InChI=1S/C15H13F6NO2/c1-24-12(23)13(9-22,6-7-14(16,17)18)8-10-2-4-11(5-3-10)15(19,20)21/h2-5H,6-8H2,1H3. The van der Waals surface area contributed by atoms with E-state index in [-0.39, 0.29) is 5.56 Å². The van der Waals surface area contributed by atoms with Gasteiger partial charge in [-0.1, -0.05) is 12.1 Å². The van der Waals surface area contributed by atoms with Gasteiger partial charge >= 0.3 is 18.3 Å². The molecule has 1 unspecified atom stereocenters. The number of rotatable bonds is 5. The number of nitrogens with zero attached hydrogens (tertiary/aromatic N) is 1. The number of hydrogen-bond donors (Lipinski definition) is 0. The first-order chi connectivity index (χ1) is 10.9. The summed E-state index contributed by atoms with van der Waals surface area (Å²) in [6, 6.07) is 5.04. The number of carbonyl (C=O) groups is 1. The van der Waals surface area contributed by atoms with Gasteiger partial charge in [-0.25, -0.2) is 0 Å². The molecule has 0 aromatic heterocycles. The van der Waals surface area contributed by atoms with Crippen LogP contribution in [0.25, 0.3) is 0 Å². The largest absolute Gasteiger partial charge is 0.468 e. The summed E-state index contributed by atoms with van der Waals surface area (Å²) in [5.74, 6) is -1.16. The Morgan fingerprint density at radius 1 is 1.08 bits per heavy atom. The molecule has 132 valence electrons. The number of alkyl halides is 6. The first-order valence-corrected chi connectivity index (χ1v) is 6.66. The van der Waals surface area contributed by atoms with Crippen LogP contribution < -0.4 is 0 Å². The van der Waals surface area contributed by atoms with Crippen LogP contribution in [0.15, 0.2) is 24.3 Å². The molecule has 0 aliphatic heterocycles. The summed E-state index contributed by atoms with van der Waals surface area (Å²) < 4.78 is 79.2. The molecule has 0 aliphatic carbocycles. The third-order valence-electron chi connectivity index (χ3n) is 3.41. The monoisotopic (exact) mass is 353 g/mol. The molecule has 0 saturated heterocycles. The van der Waals surface area contributed by atoms with Gasteiger partial charge in [0.1, 0.15) is 0 Å². The fourth-order valence-electron chi connectivity index (χ4n) is 2.11. The molecule has 9 heteroatoms. The normalized spacial score (nSPS) is 14.6. The SMILES string of the molecule is COC(=O)C(C#N)(CCC(F)(F)F)Cc1ccc(C(F)(F)F)cc1. The lowest BCUT2D eigenvalue weighted by Crippen LogP contribution is -2.34. The van der Waals surface area contributed by atoms with Gasteiger partial charge in [-0.15, -0.1) is 0 Å². The van der Waals surface area contributed by atoms with Crippen LogP contribution in [0.4, 0.5) is 26.3 Å². The van der Waals surface area contributed by atoms with Crippen molar-refractivity contribution in [2.45, 2.75) is 31.6 Å². The summed E-state index contributed by atoms with van der Waals surface area (Å²) in [6.07, 6.45) is -11.9. The molecule has 0 radical (unpaired) electrons. The predicted octanol–water partition coefficient (Wildman–Crippen LogP) is 4.27. The van der Waals surface area contributed by atoms with Crippen molar-refractivity contribution in [3.8, 4) is 6.07 Å². The minimum Gasteiger partial charge on any atom is -0.468 e. The minimum atomic E-state index is -4.59. The number of methoxy groups -OCH3 is 1. The molecule has 0 heterocycles. The number of hydrogen-bond acceptors (Lipinski definition) is 3. The number of benzene rings is 1. The van der Waals surface area contributed by atoms with Crippen LogP contribution in [0.3, 0.4) is 0 Å². The molecule has 1 aromatic carbocycles. The molecule has 1 atom stereocenters. The van der Waals surface area contributed by atoms with Crippen LogP contribution in [-0.2, 0) is 22.1 Å². The molecule has 0 spiro atoms. The zero-order valence-electron chi connectivity index (χ0n) is 12.5. The van der Waals surface area contributed by atoms with E-state index in [1.54, 1.807) is 0 Å². The second-order valence-electron chi connectivity index (χ2n) is 5.17. The molecule has 0 aliphatic rings. The quantitative estimate of drug-likeness (QED) is 0.587. The topological polar surface area (TPSA) is 50.1 Å². The zero-order valence-corrected chi connectivity index (χ0v) is 12.5. The number of esters is 1. The Morgan fingerprint density at radius 2 is 1.62 bits per heavy atom. The molecule has 0 amide bonds. The zero-order chi connectivity index (χ0) is 18.6. The second-order valence-corrected chi connectivity index (χ2v) is 5.17. The van der Waals surface area contributed by atoms with Crippen molar-refractivity contribution in [2.75, 3.05) is 7.11 Å². The highest BCUT2D eigenvalue weighted by molar-refractivity contribution is 5.80. The summed E-state index contributed by atoms with van der Waals surface area (Å²) >= 11 is 0. The van der Waals surface area contributed by atoms with E-state index in [9.17, 15) is 36.4 Å². The van der Waals surface area contributed by atoms with Gasteiger partial charge < -0.3 is 4.74 Å².